The Balaban J connectivity index is -0.000000391. The third kappa shape index (κ3) is 25.3. The van der Waals surface area contributed by atoms with Gasteiger partial charge in [-0.2, -0.15) is 0 Å². The minimum Gasteiger partial charge on any atom is -0.699 e. The van der Waals surface area contributed by atoms with Gasteiger partial charge in [0.25, 0.3) is 0 Å². The summed E-state index contributed by atoms with van der Waals surface area (Å²) >= 11 is 16.6. The predicted molar refractivity (Wildman–Crippen MR) is 127 cm³/mol. The molecule has 0 saturated heterocycles. The Labute approximate surface area is 239 Å². The first kappa shape index (κ1) is 38.0. The molecule has 3 aromatic carbocycles. The molecule has 0 aliphatic rings. The molecule has 4 N–H and O–H groups in total. The molecule has 197 valence electrons. The van der Waals surface area contributed by atoms with Crippen molar-refractivity contribution in [1.82, 2.24) is 0 Å². The Morgan fingerprint density at radius 2 is 0.703 bits per heavy atom. The van der Waals surface area contributed by atoms with Crippen LogP contribution in [0.1, 0.15) is 0 Å². The molecule has 0 spiro atoms. The van der Waals surface area contributed by atoms with Crippen LogP contribution in [0, 0.1) is 0 Å². The number of nitrogens with two attached hydrogens (primary N) is 1. The molecule has 0 atom stereocenters. The standard InChI is InChI=1S/C6H6ClN.2C6H5ClN.2C2H2O4.Ru/c3*7-5-1-3-6(8)4-2-5;2*3-1(4)2(5)6;/h1-4H,8H2;2*1-4,8H;2*(H,3,4)(H,5,6);/q;2*-1;;;+5/p-4. The van der Waals surface area contributed by atoms with Crippen molar-refractivity contribution in [3.63, 3.8) is 0 Å². The summed E-state index contributed by atoms with van der Waals surface area (Å²) in [6, 6.07) is 20.5. The minimum atomic E-state index is -2.19. The number of nitrogens with one attached hydrogen (secondary N) is 2. The molecule has 15 heteroatoms. The number of anilines is 1. The van der Waals surface area contributed by atoms with Crippen LogP contribution >= 0.6 is 34.8 Å². The van der Waals surface area contributed by atoms with Gasteiger partial charge >= 0.3 is 19.5 Å². The van der Waals surface area contributed by atoms with E-state index in [4.69, 9.17) is 91.6 Å². The monoisotopic (exact) mass is 657 g/mol. The van der Waals surface area contributed by atoms with E-state index in [9.17, 15) is 0 Å². The second-order valence-electron chi connectivity index (χ2n) is 5.72. The molecule has 0 saturated carbocycles. The first-order valence-electron chi connectivity index (χ1n) is 8.95. The zero-order chi connectivity index (χ0) is 28.3. The number of halogens is 3. The summed E-state index contributed by atoms with van der Waals surface area (Å²) in [5.41, 5.74) is 21.2. The molecule has 3 aromatic rings. The van der Waals surface area contributed by atoms with Crippen LogP contribution in [0.15, 0.2) is 72.8 Å². The van der Waals surface area contributed by atoms with E-state index < -0.39 is 23.9 Å². The van der Waals surface area contributed by atoms with Crippen LogP contribution in [-0.4, -0.2) is 23.9 Å². The van der Waals surface area contributed by atoms with E-state index in [0.29, 0.717) is 21.4 Å². The summed E-state index contributed by atoms with van der Waals surface area (Å²) in [5, 5.41) is 37.8. The topological polar surface area (TPSA) is 234 Å². The second kappa shape index (κ2) is 21.7. The van der Waals surface area contributed by atoms with Crippen molar-refractivity contribution in [3.8, 4) is 0 Å². The van der Waals surface area contributed by atoms with Crippen LogP contribution in [0.25, 0.3) is 11.5 Å². The number of hydrogen-bond donors (Lipinski definition) is 1. The van der Waals surface area contributed by atoms with Gasteiger partial charge in [-0.05, 0) is 48.5 Å². The third-order valence-electron chi connectivity index (χ3n) is 2.89. The van der Waals surface area contributed by atoms with E-state index in [-0.39, 0.29) is 19.5 Å². The number of carbonyl (C=O) groups excluding carboxylic acids is 4. The van der Waals surface area contributed by atoms with Gasteiger partial charge in [0.1, 0.15) is 0 Å². The Morgan fingerprint density at radius 3 is 0.838 bits per heavy atom. The summed E-state index contributed by atoms with van der Waals surface area (Å²) < 4.78 is 0. The van der Waals surface area contributed by atoms with E-state index in [2.05, 4.69) is 0 Å². The van der Waals surface area contributed by atoms with Crippen molar-refractivity contribution in [1.29, 1.82) is 0 Å². The van der Waals surface area contributed by atoms with Gasteiger partial charge < -0.3 is 56.8 Å². The fourth-order valence-corrected chi connectivity index (χ4v) is 1.74. The van der Waals surface area contributed by atoms with Crippen molar-refractivity contribution in [2.24, 2.45) is 0 Å². The molecule has 0 aromatic heterocycles. The molecule has 1 radical (unpaired) electrons. The van der Waals surface area contributed by atoms with Gasteiger partial charge in [0.15, 0.2) is 0 Å². The maximum absolute atomic E-state index is 8.93. The van der Waals surface area contributed by atoms with Crippen LogP contribution in [-0.2, 0) is 38.7 Å². The third-order valence-corrected chi connectivity index (χ3v) is 3.65. The molecule has 11 nitrogen and oxygen atoms in total. The summed E-state index contributed by atoms with van der Waals surface area (Å²) in [4.78, 5) is 35.7. The molecule has 0 aliphatic heterocycles. The van der Waals surface area contributed by atoms with Crippen LogP contribution in [0.2, 0.25) is 15.1 Å². The molecule has 37 heavy (non-hydrogen) atoms. The SMILES string of the molecule is Nc1ccc(Cl)cc1.O=C([O-])C(=O)[O-].O=C([O-])C(=O)[O-].[NH-]c1ccc(Cl)cc1.[NH-]c1ccc(Cl)cc1.[Ru+5]. The van der Waals surface area contributed by atoms with Crippen molar-refractivity contribution in [2.45, 2.75) is 0 Å². The number of carboxylic acids is 4. The van der Waals surface area contributed by atoms with Crippen molar-refractivity contribution in [3.05, 3.63) is 99.3 Å². The predicted octanol–water partition coefficient (Wildman–Crippen LogP) is 0.940. The van der Waals surface area contributed by atoms with Gasteiger partial charge in [-0.3, -0.25) is 0 Å². The maximum Gasteiger partial charge on any atom is 5.00 e. The van der Waals surface area contributed by atoms with Crippen molar-refractivity contribution >= 4 is 75.7 Å². The number of carbonyl (C=O) groups is 4. The molecular formula is C22H16Cl3N3O8Ru-. The molecule has 0 unspecified atom stereocenters. The Hall–Kier alpha value is -3.57. The first-order chi connectivity index (χ1) is 16.6. The largest absolute Gasteiger partial charge is 5.00 e. The number of nitrogen functional groups attached to an aromatic ring is 1. The molecule has 0 bridgehead atoms. The van der Waals surface area contributed by atoms with Crippen LogP contribution in [0.3, 0.4) is 0 Å². The second-order valence-corrected chi connectivity index (χ2v) is 7.02. The van der Waals surface area contributed by atoms with Gasteiger partial charge in [0.05, 0.1) is 23.9 Å². The number of rotatable bonds is 0. The van der Waals surface area contributed by atoms with E-state index in [0.717, 1.165) is 10.7 Å². The summed E-state index contributed by atoms with van der Waals surface area (Å²) in [6.45, 7) is 0. The molecule has 0 amide bonds. The van der Waals surface area contributed by atoms with Gasteiger partial charge in [-0.25, -0.2) is 0 Å². The van der Waals surface area contributed by atoms with E-state index >= 15 is 0 Å². The van der Waals surface area contributed by atoms with Gasteiger partial charge in [-0.15, -0.1) is 11.4 Å². The first-order valence-corrected chi connectivity index (χ1v) is 10.1. The van der Waals surface area contributed by atoms with Gasteiger partial charge in [-0.1, -0.05) is 59.1 Å². The number of hydrogen-bond acceptors (Lipinski definition) is 9. The fourth-order valence-electron chi connectivity index (χ4n) is 1.36. The normalized spacial score (nSPS) is 8.30. The molecule has 0 heterocycles. The van der Waals surface area contributed by atoms with Crippen LogP contribution in [0.4, 0.5) is 17.1 Å². The van der Waals surface area contributed by atoms with Gasteiger partial charge in [0, 0.05) is 20.8 Å². The van der Waals surface area contributed by atoms with E-state index in [1.54, 1.807) is 72.8 Å². The van der Waals surface area contributed by atoms with E-state index in [1.807, 2.05) is 0 Å². The summed E-state index contributed by atoms with van der Waals surface area (Å²) in [6.07, 6.45) is 0. The molecule has 0 fully saturated rings. The zero-order valence-electron chi connectivity index (χ0n) is 18.3. The van der Waals surface area contributed by atoms with Crippen LogP contribution in [0.5, 0.6) is 0 Å². The average molecular weight is 658 g/mol. The molecule has 3 rings (SSSR count). The Bertz CT molecular complexity index is 887. The van der Waals surface area contributed by atoms with Crippen molar-refractivity contribution < 1.29 is 59.1 Å². The minimum absolute atomic E-state index is 0. The molecule has 0 aliphatic carbocycles. The van der Waals surface area contributed by atoms with Crippen LogP contribution < -0.4 is 26.2 Å². The maximum atomic E-state index is 8.93. The zero-order valence-corrected chi connectivity index (χ0v) is 22.3. The van der Waals surface area contributed by atoms with Gasteiger partial charge in [0.2, 0.25) is 0 Å². The Kier molecular flexibility index (Phi) is 22.3. The number of aliphatic carboxylic acids is 4. The van der Waals surface area contributed by atoms with Crippen molar-refractivity contribution in [2.75, 3.05) is 5.73 Å². The number of benzene rings is 3. The smallest absolute Gasteiger partial charge is 0.699 e. The molecular weight excluding hydrogens is 642 g/mol. The summed E-state index contributed by atoms with van der Waals surface area (Å²) in [5.74, 6) is -8.74. The summed E-state index contributed by atoms with van der Waals surface area (Å²) in [7, 11) is 0. The number of carboxylic acid groups (broad SMARTS) is 4. The average Bonchev–Trinajstić information content (AvgIpc) is 2.81. The Morgan fingerprint density at radius 1 is 0.514 bits per heavy atom. The quantitative estimate of drug-likeness (QED) is 0.205. The fraction of sp³-hybridized carbons (Fsp3) is 0. The van der Waals surface area contributed by atoms with E-state index in [1.165, 1.54) is 0 Å².